The molecule has 2 N–H and O–H groups in total. The molecule has 1 saturated heterocycles. The van der Waals surface area contributed by atoms with E-state index in [0.717, 1.165) is 19.4 Å². The number of nitrogens with zero attached hydrogens (tertiary/aromatic N) is 1. The molecule has 1 unspecified atom stereocenters. The normalized spacial score (nSPS) is 18.6. The Morgan fingerprint density at radius 2 is 2.37 bits per heavy atom. The number of anilines is 1. The van der Waals surface area contributed by atoms with E-state index in [1.165, 1.54) is 12.8 Å². The fourth-order valence-corrected chi connectivity index (χ4v) is 2.37. The van der Waals surface area contributed by atoms with Gasteiger partial charge in [-0.2, -0.15) is 5.26 Å². The van der Waals surface area contributed by atoms with Gasteiger partial charge in [-0.1, -0.05) is 12.5 Å². The van der Waals surface area contributed by atoms with Gasteiger partial charge >= 0.3 is 0 Å². The fourth-order valence-electron chi connectivity index (χ4n) is 2.37. The van der Waals surface area contributed by atoms with Crippen LogP contribution in [0.5, 0.6) is 0 Å². The Balaban J connectivity index is 1.78. The van der Waals surface area contributed by atoms with Gasteiger partial charge in [-0.15, -0.1) is 0 Å². The van der Waals surface area contributed by atoms with Crippen molar-refractivity contribution in [3.05, 3.63) is 29.8 Å². The van der Waals surface area contributed by atoms with E-state index in [1.54, 1.807) is 24.3 Å². The summed E-state index contributed by atoms with van der Waals surface area (Å²) in [6.45, 7) is 1.07. The first-order chi connectivity index (χ1) is 9.28. The summed E-state index contributed by atoms with van der Waals surface area (Å²) in [7, 11) is 0. The van der Waals surface area contributed by atoms with Gasteiger partial charge in [-0.25, -0.2) is 0 Å². The molecule has 0 bridgehead atoms. The molecule has 100 valence electrons. The van der Waals surface area contributed by atoms with E-state index < -0.39 is 0 Å². The van der Waals surface area contributed by atoms with Crippen LogP contribution in [-0.2, 0) is 4.79 Å². The number of carbonyl (C=O) groups is 1. The second kappa shape index (κ2) is 6.91. The third kappa shape index (κ3) is 4.38. The van der Waals surface area contributed by atoms with E-state index in [2.05, 4.69) is 16.7 Å². The Kier molecular flexibility index (Phi) is 4.93. The van der Waals surface area contributed by atoms with Crippen LogP contribution in [-0.4, -0.2) is 18.5 Å². The van der Waals surface area contributed by atoms with E-state index in [9.17, 15) is 4.79 Å². The number of hydrogen-bond donors (Lipinski definition) is 2. The predicted molar refractivity (Wildman–Crippen MR) is 74.7 cm³/mol. The molecule has 1 aliphatic heterocycles. The van der Waals surface area contributed by atoms with Gasteiger partial charge in [0.05, 0.1) is 11.6 Å². The van der Waals surface area contributed by atoms with E-state index in [0.29, 0.717) is 23.7 Å². The van der Waals surface area contributed by atoms with Crippen LogP contribution in [0.3, 0.4) is 0 Å². The molecule has 0 aliphatic carbocycles. The number of nitrogens with one attached hydrogen (secondary N) is 2. The van der Waals surface area contributed by atoms with E-state index >= 15 is 0 Å². The molecule has 1 aliphatic rings. The lowest BCUT2D eigenvalue weighted by atomic mass is 10.0. The summed E-state index contributed by atoms with van der Waals surface area (Å²) in [5.74, 6) is 0.0162. The van der Waals surface area contributed by atoms with Crippen LogP contribution in [0.15, 0.2) is 24.3 Å². The topological polar surface area (TPSA) is 64.9 Å². The molecule has 1 atom stereocenters. The molecule has 2 rings (SSSR count). The summed E-state index contributed by atoms with van der Waals surface area (Å²) in [5, 5.41) is 15.1. The maximum absolute atomic E-state index is 11.8. The van der Waals surface area contributed by atoms with Crippen molar-refractivity contribution in [2.24, 2.45) is 0 Å². The predicted octanol–water partition coefficient (Wildman–Crippen LogP) is 2.42. The van der Waals surface area contributed by atoms with Gasteiger partial charge in [-0.05, 0) is 44.0 Å². The van der Waals surface area contributed by atoms with Crippen molar-refractivity contribution < 1.29 is 4.79 Å². The third-order valence-electron chi connectivity index (χ3n) is 3.41. The SMILES string of the molecule is N#Cc1cccc(NC(=O)CCC2CCCCN2)c1. The average molecular weight is 257 g/mol. The Bertz CT molecular complexity index is 473. The highest BCUT2D eigenvalue weighted by atomic mass is 16.1. The number of piperidine rings is 1. The van der Waals surface area contributed by atoms with Crippen molar-refractivity contribution in [2.75, 3.05) is 11.9 Å². The molecule has 1 heterocycles. The van der Waals surface area contributed by atoms with Crippen molar-refractivity contribution in [2.45, 2.75) is 38.1 Å². The lowest BCUT2D eigenvalue weighted by molar-refractivity contribution is -0.116. The highest BCUT2D eigenvalue weighted by Crippen LogP contribution is 2.14. The van der Waals surface area contributed by atoms with Crippen LogP contribution >= 0.6 is 0 Å². The monoisotopic (exact) mass is 257 g/mol. The molecule has 1 amide bonds. The first-order valence-corrected chi connectivity index (χ1v) is 6.81. The highest BCUT2D eigenvalue weighted by Gasteiger charge is 2.14. The maximum Gasteiger partial charge on any atom is 0.224 e. The minimum atomic E-state index is 0.0162. The lowest BCUT2D eigenvalue weighted by Crippen LogP contribution is -2.34. The molecule has 0 saturated carbocycles. The number of hydrogen-bond acceptors (Lipinski definition) is 3. The van der Waals surface area contributed by atoms with Gasteiger partial charge in [0.25, 0.3) is 0 Å². The number of amides is 1. The molecule has 0 spiro atoms. The van der Waals surface area contributed by atoms with E-state index in [1.807, 2.05) is 0 Å². The van der Waals surface area contributed by atoms with Crippen LogP contribution in [0.25, 0.3) is 0 Å². The highest BCUT2D eigenvalue weighted by molar-refractivity contribution is 5.90. The Hall–Kier alpha value is -1.86. The molecule has 19 heavy (non-hydrogen) atoms. The summed E-state index contributed by atoms with van der Waals surface area (Å²) in [5.41, 5.74) is 1.26. The molecule has 0 aromatic heterocycles. The molecule has 1 fully saturated rings. The number of nitriles is 1. The van der Waals surface area contributed by atoms with Crippen molar-refractivity contribution >= 4 is 11.6 Å². The zero-order valence-electron chi connectivity index (χ0n) is 11.0. The number of benzene rings is 1. The van der Waals surface area contributed by atoms with Gasteiger partial charge in [0.15, 0.2) is 0 Å². The minimum Gasteiger partial charge on any atom is -0.326 e. The maximum atomic E-state index is 11.8. The second-order valence-corrected chi connectivity index (χ2v) is 4.93. The quantitative estimate of drug-likeness (QED) is 0.870. The van der Waals surface area contributed by atoms with E-state index in [4.69, 9.17) is 5.26 Å². The first kappa shape index (κ1) is 13.6. The standard InChI is InChI=1S/C15H19N3O/c16-11-12-4-3-6-14(10-12)18-15(19)8-7-13-5-1-2-9-17-13/h3-4,6,10,13,17H,1-2,5,7-9H2,(H,18,19). The Morgan fingerprint density at radius 3 is 3.11 bits per heavy atom. The van der Waals surface area contributed by atoms with Crippen LogP contribution in [0.4, 0.5) is 5.69 Å². The van der Waals surface area contributed by atoms with Gasteiger partial charge in [0.2, 0.25) is 5.91 Å². The van der Waals surface area contributed by atoms with Crippen molar-refractivity contribution in [3.63, 3.8) is 0 Å². The summed E-state index contributed by atoms with van der Waals surface area (Å²) in [6.07, 6.45) is 5.06. The smallest absolute Gasteiger partial charge is 0.224 e. The third-order valence-corrected chi connectivity index (χ3v) is 3.41. The van der Waals surface area contributed by atoms with E-state index in [-0.39, 0.29) is 5.91 Å². The van der Waals surface area contributed by atoms with Crippen LogP contribution < -0.4 is 10.6 Å². The zero-order valence-corrected chi connectivity index (χ0v) is 11.0. The molecule has 1 aromatic carbocycles. The fraction of sp³-hybridized carbons (Fsp3) is 0.467. The minimum absolute atomic E-state index is 0.0162. The second-order valence-electron chi connectivity index (χ2n) is 4.93. The molecule has 0 radical (unpaired) electrons. The molecular formula is C15H19N3O. The molecule has 4 heteroatoms. The zero-order chi connectivity index (χ0) is 13.5. The van der Waals surface area contributed by atoms with Gasteiger partial charge < -0.3 is 10.6 Å². The average Bonchev–Trinajstić information content (AvgIpc) is 2.46. The first-order valence-electron chi connectivity index (χ1n) is 6.81. The van der Waals surface area contributed by atoms with Crippen molar-refractivity contribution in [3.8, 4) is 6.07 Å². The van der Waals surface area contributed by atoms with Crippen LogP contribution in [0.1, 0.15) is 37.7 Å². The largest absolute Gasteiger partial charge is 0.326 e. The summed E-state index contributed by atoms with van der Waals surface area (Å²) in [4.78, 5) is 11.8. The van der Waals surface area contributed by atoms with Gasteiger partial charge in [0, 0.05) is 18.2 Å². The summed E-state index contributed by atoms with van der Waals surface area (Å²) < 4.78 is 0. The van der Waals surface area contributed by atoms with Crippen LogP contribution in [0.2, 0.25) is 0 Å². The van der Waals surface area contributed by atoms with Crippen molar-refractivity contribution in [1.82, 2.24) is 5.32 Å². The number of carbonyl (C=O) groups excluding carboxylic acids is 1. The number of rotatable bonds is 4. The van der Waals surface area contributed by atoms with Crippen LogP contribution in [0, 0.1) is 11.3 Å². The summed E-state index contributed by atoms with van der Waals surface area (Å²) >= 11 is 0. The molecule has 4 nitrogen and oxygen atoms in total. The Morgan fingerprint density at radius 1 is 1.47 bits per heavy atom. The Labute approximate surface area is 113 Å². The molecular weight excluding hydrogens is 238 g/mol. The van der Waals surface area contributed by atoms with Crippen molar-refractivity contribution in [1.29, 1.82) is 5.26 Å². The lowest BCUT2D eigenvalue weighted by Gasteiger charge is -2.23. The van der Waals surface area contributed by atoms with Gasteiger partial charge in [0.1, 0.15) is 0 Å². The molecule has 1 aromatic rings. The van der Waals surface area contributed by atoms with Gasteiger partial charge in [-0.3, -0.25) is 4.79 Å². The summed E-state index contributed by atoms with van der Waals surface area (Å²) in [6, 6.07) is 9.53.